The van der Waals surface area contributed by atoms with Crippen LogP contribution in [0.25, 0.3) is 0 Å². The predicted octanol–water partition coefficient (Wildman–Crippen LogP) is 1.09. The Morgan fingerprint density at radius 3 is 2.87 bits per heavy atom. The fourth-order valence-corrected chi connectivity index (χ4v) is 1.96. The second-order valence-corrected chi connectivity index (χ2v) is 4.02. The molecule has 15 heavy (non-hydrogen) atoms. The van der Waals surface area contributed by atoms with E-state index in [-0.39, 0.29) is 5.69 Å². The number of aromatic nitrogens is 1. The SMILES string of the molecule is COCCCc1nc(C(=O)OC)c(N)s1. The van der Waals surface area contributed by atoms with Crippen LogP contribution < -0.4 is 5.73 Å². The minimum absolute atomic E-state index is 0.218. The van der Waals surface area contributed by atoms with E-state index in [2.05, 4.69) is 9.72 Å². The topological polar surface area (TPSA) is 74.4 Å². The van der Waals surface area contributed by atoms with Crippen molar-refractivity contribution in [3.05, 3.63) is 10.7 Å². The van der Waals surface area contributed by atoms with Crippen molar-refractivity contribution in [1.29, 1.82) is 0 Å². The highest BCUT2D eigenvalue weighted by atomic mass is 32.1. The van der Waals surface area contributed by atoms with Crippen molar-refractivity contribution in [1.82, 2.24) is 4.98 Å². The summed E-state index contributed by atoms with van der Waals surface area (Å²) in [6.45, 7) is 0.674. The Labute approximate surface area is 92.2 Å². The summed E-state index contributed by atoms with van der Waals surface area (Å²) >= 11 is 1.32. The molecule has 84 valence electrons. The number of hydrogen-bond acceptors (Lipinski definition) is 6. The number of carbonyl (C=O) groups is 1. The van der Waals surface area contributed by atoms with Gasteiger partial charge in [-0.2, -0.15) is 0 Å². The number of methoxy groups -OCH3 is 2. The van der Waals surface area contributed by atoms with Crippen molar-refractivity contribution in [3.8, 4) is 0 Å². The first-order valence-electron chi connectivity index (χ1n) is 4.51. The van der Waals surface area contributed by atoms with Crippen molar-refractivity contribution >= 4 is 22.3 Å². The number of carbonyl (C=O) groups excluding carboxylic acids is 1. The van der Waals surface area contributed by atoms with E-state index in [4.69, 9.17) is 10.5 Å². The summed E-state index contributed by atoms with van der Waals surface area (Å²) < 4.78 is 9.48. The summed E-state index contributed by atoms with van der Waals surface area (Å²) in [6, 6.07) is 0. The molecule has 1 rings (SSSR count). The van der Waals surface area contributed by atoms with Crippen LogP contribution in [0, 0.1) is 0 Å². The Hall–Kier alpha value is -1.14. The molecule has 1 aromatic rings. The van der Waals surface area contributed by atoms with Crippen LogP contribution in [0.4, 0.5) is 5.00 Å². The molecule has 2 N–H and O–H groups in total. The molecule has 0 spiro atoms. The zero-order chi connectivity index (χ0) is 11.3. The van der Waals surface area contributed by atoms with Gasteiger partial charge in [-0.1, -0.05) is 0 Å². The van der Waals surface area contributed by atoms with Gasteiger partial charge in [-0.05, 0) is 6.42 Å². The maximum atomic E-state index is 11.2. The van der Waals surface area contributed by atoms with Gasteiger partial charge in [0.1, 0.15) is 5.00 Å². The third-order valence-electron chi connectivity index (χ3n) is 1.82. The summed E-state index contributed by atoms with van der Waals surface area (Å²) in [5.41, 5.74) is 5.86. The molecule has 0 fully saturated rings. The van der Waals surface area contributed by atoms with Crippen molar-refractivity contribution in [2.75, 3.05) is 26.6 Å². The van der Waals surface area contributed by atoms with Gasteiger partial charge in [-0.25, -0.2) is 9.78 Å². The van der Waals surface area contributed by atoms with Crippen LogP contribution in [0.2, 0.25) is 0 Å². The molecule has 1 aromatic heterocycles. The van der Waals surface area contributed by atoms with E-state index in [0.29, 0.717) is 11.6 Å². The highest BCUT2D eigenvalue weighted by Gasteiger charge is 2.16. The summed E-state index contributed by atoms with van der Waals surface area (Å²) in [6.07, 6.45) is 1.63. The Bertz CT molecular complexity index is 338. The minimum Gasteiger partial charge on any atom is -0.464 e. The summed E-state index contributed by atoms with van der Waals surface area (Å²) in [5.74, 6) is -0.484. The molecule has 0 aromatic carbocycles. The Morgan fingerprint density at radius 2 is 2.27 bits per heavy atom. The smallest absolute Gasteiger partial charge is 0.359 e. The third kappa shape index (κ3) is 3.17. The average Bonchev–Trinajstić information content (AvgIpc) is 2.59. The van der Waals surface area contributed by atoms with E-state index in [9.17, 15) is 4.79 Å². The van der Waals surface area contributed by atoms with Gasteiger partial charge in [-0.3, -0.25) is 0 Å². The predicted molar refractivity (Wildman–Crippen MR) is 58.1 cm³/mol. The van der Waals surface area contributed by atoms with Gasteiger partial charge in [0.2, 0.25) is 0 Å². The van der Waals surface area contributed by atoms with Gasteiger partial charge in [0.15, 0.2) is 5.69 Å². The summed E-state index contributed by atoms with van der Waals surface area (Å²) in [5, 5.41) is 1.25. The van der Waals surface area contributed by atoms with E-state index in [0.717, 1.165) is 17.8 Å². The first-order chi connectivity index (χ1) is 7.19. The zero-order valence-electron chi connectivity index (χ0n) is 8.78. The van der Waals surface area contributed by atoms with Crippen LogP contribution in [0.1, 0.15) is 21.9 Å². The number of nitrogens with two attached hydrogens (primary N) is 1. The fourth-order valence-electron chi connectivity index (χ4n) is 1.10. The molecule has 0 bridgehead atoms. The lowest BCUT2D eigenvalue weighted by molar-refractivity contribution is 0.0596. The molecule has 0 aliphatic rings. The Kier molecular flexibility index (Phi) is 4.51. The number of nitrogen functional groups attached to an aromatic ring is 1. The first kappa shape index (κ1) is 11.9. The van der Waals surface area contributed by atoms with Crippen LogP contribution in [0.5, 0.6) is 0 Å². The fraction of sp³-hybridized carbons (Fsp3) is 0.556. The van der Waals surface area contributed by atoms with E-state index in [1.54, 1.807) is 7.11 Å². The molecular weight excluding hydrogens is 216 g/mol. The van der Waals surface area contributed by atoms with Crippen molar-refractivity contribution in [3.63, 3.8) is 0 Å². The number of ether oxygens (including phenoxy) is 2. The Balaban J connectivity index is 2.64. The van der Waals surface area contributed by atoms with Crippen molar-refractivity contribution in [2.24, 2.45) is 0 Å². The minimum atomic E-state index is -0.484. The number of aryl methyl sites for hydroxylation is 1. The van der Waals surface area contributed by atoms with Gasteiger partial charge < -0.3 is 15.2 Å². The molecule has 0 atom stereocenters. The molecule has 0 saturated heterocycles. The van der Waals surface area contributed by atoms with Crippen LogP contribution in [-0.4, -0.2) is 31.8 Å². The molecule has 6 heteroatoms. The van der Waals surface area contributed by atoms with Crippen LogP contribution in [-0.2, 0) is 15.9 Å². The van der Waals surface area contributed by atoms with Crippen molar-refractivity contribution < 1.29 is 14.3 Å². The van der Waals surface area contributed by atoms with Crippen LogP contribution in [0.15, 0.2) is 0 Å². The van der Waals surface area contributed by atoms with Gasteiger partial charge in [0.05, 0.1) is 12.1 Å². The molecule has 0 aliphatic carbocycles. The molecular formula is C9H14N2O3S. The number of thiazole rings is 1. The lowest BCUT2D eigenvalue weighted by Crippen LogP contribution is -2.04. The second kappa shape index (κ2) is 5.67. The second-order valence-electron chi connectivity index (χ2n) is 2.91. The van der Waals surface area contributed by atoms with E-state index in [1.807, 2.05) is 0 Å². The number of hydrogen-bond donors (Lipinski definition) is 1. The normalized spacial score (nSPS) is 10.3. The van der Waals surface area contributed by atoms with Gasteiger partial charge >= 0.3 is 5.97 Å². The third-order valence-corrected chi connectivity index (χ3v) is 2.76. The number of nitrogens with zero attached hydrogens (tertiary/aromatic N) is 1. The quantitative estimate of drug-likeness (QED) is 0.605. The highest BCUT2D eigenvalue weighted by Crippen LogP contribution is 2.22. The van der Waals surface area contributed by atoms with Crippen LogP contribution in [0.3, 0.4) is 0 Å². The van der Waals surface area contributed by atoms with Gasteiger partial charge in [0, 0.05) is 20.1 Å². The molecule has 0 amide bonds. The monoisotopic (exact) mass is 230 g/mol. The number of rotatable bonds is 5. The standard InChI is InChI=1S/C9H14N2O3S/c1-13-5-3-4-6-11-7(8(10)15-6)9(12)14-2/h3-5,10H2,1-2H3. The molecule has 1 heterocycles. The largest absolute Gasteiger partial charge is 0.464 e. The molecule has 0 saturated carbocycles. The van der Waals surface area contributed by atoms with E-state index < -0.39 is 5.97 Å². The zero-order valence-corrected chi connectivity index (χ0v) is 9.60. The lowest BCUT2D eigenvalue weighted by Gasteiger charge is -1.95. The maximum Gasteiger partial charge on any atom is 0.359 e. The summed E-state index contributed by atoms with van der Waals surface area (Å²) in [7, 11) is 2.96. The van der Waals surface area contributed by atoms with E-state index in [1.165, 1.54) is 18.4 Å². The first-order valence-corrected chi connectivity index (χ1v) is 5.33. The molecule has 5 nitrogen and oxygen atoms in total. The molecule has 0 unspecified atom stereocenters. The number of esters is 1. The van der Waals surface area contributed by atoms with Crippen LogP contribution >= 0.6 is 11.3 Å². The van der Waals surface area contributed by atoms with Gasteiger partial charge in [0.25, 0.3) is 0 Å². The lowest BCUT2D eigenvalue weighted by atomic mass is 10.3. The summed E-state index contributed by atoms with van der Waals surface area (Å²) in [4.78, 5) is 15.3. The Morgan fingerprint density at radius 1 is 1.53 bits per heavy atom. The highest BCUT2D eigenvalue weighted by molar-refractivity contribution is 7.15. The van der Waals surface area contributed by atoms with Gasteiger partial charge in [-0.15, -0.1) is 11.3 Å². The maximum absolute atomic E-state index is 11.2. The molecule has 0 radical (unpaired) electrons. The molecule has 0 aliphatic heterocycles. The van der Waals surface area contributed by atoms with Crippen molar-refractivity contribution in [2.45, 2.75) is 12.8 Å². The number of anilines is 1. The average molecular weight is 230 g/mol. The van der Waals surface area contributed by atoms with E-state index >= 15 is 0 Å².